The Morgan fingerprint density at radius 1 is 1.29 bits per heavy atom. The summed E-state index contributed by atoms with van der Waals surface area (Å²) in [5, 5.41) is 7.81. The fourth-order valence-corrected chi connectivity index (χ4v) is 3.74. The van der Waals surface area contributed by atoms with Gasteiger partial charge in [0.25, 0.3) is 0 Å². The summed E-state index contributed by atoms with van der Waals surface area (Å²) in [7, 11) is 1.66. The number of hydrogen-bond donors (Lipinski definition) is 2. The van der Waals surface area contributed by atoms with Gasteiger partial charge in [0.1, 0.15) is 5.82 Å². The van der Waals surface area contributed by atoms with Crippen LogP contribution in [-0.2, 0) is 19.1 Å². The van der Waals surface area contributed by atoms with Crippen molar-refractivity contribution in [2.45, 2.75) is 32.0 Å². The van der Waals surface area contributed by atoms with E-state index in [1.165, 1.54) is 12.8 Å². The van der Waals surface area contributed by atoms with Crippen molar-refractivity contribution >= 4 is 23.1 Å². The van der Waals surface area contributed by atoms with Crippen molar-refractivity contribution in [3.8, 4) is 0 Å². The van der Waals surface area contributed by atoms with E-state index in [0.717, 1.165) is 41.2 Å². The summed E-state index contributed by atoms with van der Waals surface area (Å²) < 4.78 is 37.8. The quantitative estimate of drug-likeness (QED) is 0.564. The van der Waals surface area contributed by atoms with Gasteiger partial charge in [-0.05, 0) is 30.5 Å². The van der Waals surface area contributed by atoms with E-state index in [0.29, 0.717) is 30.5 Å². The van der Waals surface area contributed by atoms with Gasteiger partial charge in [-0.1, -0.05) is 0 Å². The molecule has 2 aromatic heterocycles. The van der Waals surface area contributed by atoms with E-state index in [1.807, 2.05) is 12.3 Å². The van der Waals surface area contributed by atoms with Crippen molar-refractivity contribution < 1.29 is 13.2 Å². The van der Waals surface area contributed by atoms with Crippen molar-refractivity contribution in [2.75, 3.05) is 31.6 Å². The predicted molar refractivity (Wildman–Crippen MR) is 105 cm³/mol. The monoisotopic (exact) mass is 412 g/mol. The second kappa shape index (κ2) is 9.22. The highest BCUT2D eigenvalue weighted by molar-refractivity contribution is 7.09. The van der Waals surface area contributed by atoms with Gasteiger partial charge in [-0.25, -0.2) is 9.97 Å². The number of alkyl halides is 3. The number of nitrogens with one attached hydrogen (secondary N) is 2. The Morgan fingerprint density at radius 2 is 2.07 bits per heavy atom. The van der Waals surface area contributed by atoms with Crippen LogP contribution >= 0.6 is 11.3 Å². The molecule has 3 rings (SSSR count). The lowest BCUT2D eigenvalue weighted by atomic mass is 10.2. The highest BCUT2D eigenvalue weighted by atomic mass is 32.1. The number of aliphatic imine (C=N–C) groups is 1. The third-order valence-corrected chi connectivity index (χ3v) is 5.31. The third kappa shape index (κ3) is 5.57. The molecule has 2 N–H and O–H groups in total. The maximum atomic E-state index is 12.6. The summed E-state index contributed by atoms with van der Waals surface area (Å²) in [4.78, 5) is 14.5. The van der Waals surface area contributed by atoms with Crippen LogP contribution in [0, 0.1) is 0 Å². The first kappa shape index (κ1) is 20.4. The molecule has 2 aromatic rings. The van der Waals surface area contributed by atoms with Crippen LogP contribution in [0.15, 0.2) is 28.7 Å². The van der Waals surface area contributed by atoms with Crippen molar-refractivity contribution in [2.24, 2.45) is 4.99 Å². The Kier molecular flexibility index (Phi) is 6.71. The van der Waals surface area contributed by atoms with E-state index in [4.69, 9.17) is 0 Å². The molecule has 10 heteroatoms. The number of nitrogens with zero attached hydrogens (tertiary/aromatic N) is 4. The molecule has 1 aliphatic rings. The molecule has 0 saturated carbocycles. The van der Waals surface area contributed by atoms with E-state index >= 15 is 0 Å². The number of thiazole rings is 1. The van der Waals surface area contributed by atoms with Crippen molar-refractivity contribution in [3.05, 3.63) is 40.0 Å². The molecule has 0 spiro atoms. The Labute approximate surface area is 165 Å². The van der Waals surface area contributed by atoms with Gasteiger partial charge in [-0.15, -0.1) is 11.3 Å². The van der Waals surface area contributed by atoms with Crippen LogP contribution in [0.25, 0.3) is 0 Å². The largest absolute Gasteiger partial charge is 0.434 e. The standard InChI is InChI=1S/C18H23F3N6S/c1-22-17(24-7-5-16-26-14(12-28-16)18(19,20)21)25-11-13-4-6-23-15(10-13)27-8-2-3-9-27/h4,6,10,12H,2-3,5,7-9,11H2,1H3,(H2,22,24,25). The molecule has 0 unspecified atom stereocenters. The number of pyridine rings is 1. The third-order valence-electron chi connectivity index (χ3n) is 4.40. The van der Waals surface area contributed by atoms with Gasteiger partial charge in [0, 0.05) is 51.2 Å². The first-order chi connectivity index (χ1) is 13.5. The molecular formula is C18H23F3N6S. The van der Waals surface area contributed by atoms with Gasteiger partial charge in [-0.3, -0.25) is 4.99 Å². The minimum Gasteiger partial charge on any atom is -0.357 e. The topological polar surface area (TPSA) is 65.4 Å². The van der Waals surface area contributed by atoms with Crippen molar-refractivity contribution in [1.29, 1.82) is 0 Å². The molecule has 28 heavy (non-hydrogen) atoms. The molecule has 6 nitrogen and oxygen atoms in total. The molecule has 1 fully saturated rings. The first-order valence-electron chi connectivity index (χ1n) is 9.11. The lowest BCUT2D eigenvalue weighted by Gasteiger charge is -2.17. The molecule has 0 aliphatic carbocycles. The van der Waals surface area contributed by atoms with Crippen LogP contribution in [0.2, 0.25) is 0 Å². The number of aromatic nitrogens is 2. The number of guanidine groups is 1. The average molecular weight is 412 g/mol. The van der Waals surface area contributed by atoms with Gasteiger partial charge in [0.05, 0.1) is 5.01 Å². The SMILES string of the molecule is CN=C(NCCc1nc(C(F)(F)F)cs1)NCc1ccnc(N2CCCC2)c1. The van der Waals surface area contributed by atoms with Crippen LogP contribution in [0.4, 0.5) is 19.0 Å². The summed E-state index contributed by atoms with van der Waals surface area (Å²) >= 11 is 1.02. The van der Waals surface area contributed by atoms with Crippen molar-refractivity contribution in [1.82, 2.24) is 20.6 Å². The predicted octanol–water partition coefficient (Wildman–Crippen LogP) is 3.06. The smallest absolute Gasteiger partial charge is 0.357 e. The lowest BCUT2D eigenvalue weighted by Crippen LogP contribution is -2.37. The number of anilines is 1. The molecule has 0 bridgehead atoms. The molecule has 0 radical (unpaired) electrons. The Bertz CT molecular complexity index is 799. The zero-order chi connectivity index (χ0) is 20.0. The molecule has 0 atom stereocenters. The van der Waals surface area contributed by atoms with Crippen molar-refractivity contribution in [3.63, 3.8) is 0 Å². The molecular weight excluding hydrogens is 389 g/mol. The molecule has 1 aliphatic heterocycles. The number of halogens is 3. The van der Waals surface area contributed by atoms with E-state index < -0.39 is 11.9 Å². The maximum Gasteiger partial charge on any atom is 0.434 e. The summed E-state index contributed by atoms with van der Waals surface area (Å²) in [5.41, 5.74) is 0.260. The Hall–Kier alpha value is -2.36. The maximum absolute atomic E-state index is 12.6. The van der Waals surface area contributed by atoms with Gasteiger partial charge >= 0.3 is 6.18 Å². The second-order valence-electron chi connectivity index (χ2n) is 6.44. The molecule has 152 valence electrons. The summed E-state index contributed by atoms with van der Waals surface area (Å²) in [5.74, 6) is 1.58. The molecule has 0 aromatic carbocycles. The summed E-state index contributed by atoms with van der Waals surface area (Å²) in [6, 6.07) is 4.02. The highest BCUT2D eigenvalue weighted by Crippen LogP contribution is 2.30. The fourth-order valence-electron chi connectivity index (χ4n) is 2.94. The first-order valence-corrected chi connectivity index (χ1v) is 9.99. The van der Waals surface area contributed by atoms with Crippen LogP contribution in [0.1, 0.15) is 29.1 Å². The minimum absolute atomic E-state index is 0.399. The van der Waals surface area contributed by atoms with E-state index in [1.54, 1.807) is 7.05 Å². The fraction of sp³-hybridized carbons (Fsp3) is 0.500. The zero-order valence-corrected chi connectivity index (χ0v) is 16.4. The van der Waals surface area contributed by atoms with Crippen LogP contribution in [0.3, 0.4) is 0 Å². The summed E-state index contributed by atoms with van der Waals surface area (Å²) in [6.45, 7) is 3.11. The number of hydrogen-bond acceptors (Lipinski definition) is 5. The molecule has 3 heterocycles. The second-order valence-corrected chi connectivity index (χ2v) is 7.39. The normalized spacial score (nSPS) is 15.1. The van der Waals surface area contributed by atoms with E-state index in [9.17, 15) is 13.2 Å². The van der Waals surface area contributed by atoms with Crippen LogP contribution < -0.4 is 15.5 Å². The van der Waals surface area contributed by atoms with Gasteiger partial charge < -0.3 is 15.5 Å². The van der Waals surface area contributed by atoms with Gasteiger partial charge in [0.2, 0.25) is 0 Å². The zero-order valence-electron chi connectivity index (χ0n) is 15.6. The highest BCUT2D eigenvalue weighted by Gasteiger charge is 2.33. The molecule has 1 saturated heterocycles. The van der Waals surface area contributed by atoms with E-state index in [2.05, 4.69) is 36.6 Å². The molecule has 0 amide bonds. The van der Waals surface area contributed by atoms with Crippen LogP contribution in [-0.4, -0.2) is 42.6 Å². The van der Waals surface area contributed by atoms with Crippen LogP contribution in [0.5, 0.6) is 0 Å². The van der Waals surface area contributed by atoms with E-state index in [-0.39, 0.29) is 0 Å². The summed E-state index contributed by atoms with van der Waals surface area (Å²) in [6.07, 6.45) is 0.212. The number of rotatable bonds is 6. The average Bonchev–Trinajstić information content (AvgIpc) is 3.36. The van der Waals surface area contributed by atoms with Gasteiger partial charge in [0.15, 0.2) is 11.7 Å². The Balaban J connectivity index is 1.46. The lowest BCUT2D eigenvalue weighted by molar-refractivity contribution is -0.140. The Morgan fingerprint density at radius 3 is 2.75 bits per heavy atom. The minimum atomic E-state index is -4.39. The van der Waals surface area contributed by atoms with Gasteiger partial charge in [-0.2, -0.15) is 13.2 Å².